The van der Waals surface area contributed by atoms with Crippen molar-refractivity contribution in [1.29, 1.82) is 0 Å². The topological polar surface area (TPSA) is 49.3 Å². The summed E-state index contributed by atoms with van der Waals surface area (Å²) in [6.45, 7) is 1.57. The number of nitrogens with one attached hydrogen (secondary N) is 1. The molecule has 2 aromatic rings. The Labute approximate surface area is 130 Å². The van der Waals surface area contributed by atoms with Crippen molar-refractivity contribution in [2.24, 2.45) is 0 Å². The Morgan fingerprint density at radius 1 is 1.36 bits per heavy atom. The van der Waals surface area contributed by atoms with Gasteiger partial charge in [0, 0.05) is 11.6 Å². The van der Waals surface area contributed by atoms with Crippen LogP contribution in [0.3, 0.4) is 0 Å². The average Bonchev–Trinajstić information content (AvgIpc) is 3.00. The third-order valence-electron chi connectivity index (χ3n) is 3.15. The molecular weight excluding hydrogens is 308 g/mol. The van der Waals surface area contributed by atoms with Gasteiger partial charge in [-0.05, 0) is 47.5 Å². The number of benzene rings is 1. The van der Waals surface area contributed by atoms with Crippen LogP contribution in [0.2, 0.25) is 0 Å². The molecule has 0 bridgehead atoms. The molecule has 2 N–H and O–H groups in total. The predicted octanol–water partition coefficient (Wildman–Crippen LogP) is 3.06. The Hall–Kier alpha value is -2.05. The zero-order chi connectivity index (χ0) is 16.2. The lowest BCUT2D eigenvalue weighted by atomic mass is 9.99. The molecule has 6 heteroatoms. The molecule has 1 amide bonds. The minimum absolute atomic E-state index is 0.00728. The Balaban J connectivity index is 1.97. The monoisotopic (exact) mass is 323 g/mol. The van der Waals surface area contributed by atoms with Crippen LogP contribution in [0.15, 0.2) is 41.1 Å². The minimum atomic E-state index is -1.20. The molecule has 1 aromatic carbocycles. The van der Waals surface area contributed by atoms with E-state index in [0.717, 1.165) is 24.3 Å². The quantitative estimate of drug-likeness (QED) is 0.831. The smallest absolute Gasteiger partial charge is 0.244 e. The third kappa shape index (κ3) is 3.99. The lowest BCUT2D eigenvalue weighted by Gasteiger charge is -2.22. The van der Waals surface area contributed by atoms with Crippen molar-refractivity contribution < 1.29 is 18.7 Å². The number of halogens is 2. The fraction of sp³-hybridized carbons (Fsp3) is 0.188. The van der Waals surface area contributed by atoms with Crippen molar-refractivity contribution in [2.75, 3.05) is 6.54 Å². The van der Waals surface area contributed by atoms with Crippen LogP contribution < -0.4 is 5.32 Å². The second-order valence-electron chi connectivity index (χ2n) is 4.97. The van der Waals surface area contributed by atoms with Gasteiger partial charge in [0.2, 0.25) is 5.91 Å². The van der Waals surface area contributed by atoms with Gasteiger partial charge in [-0.15, -0.1) is 0 Å². The molecule has 0 aliphatic carbocycles. The van der Waals surface area contributed by atoms with Gasteiger partial charge in [0.05, 0.1) is 6.54 Å². The van der Waals surface area contributed by atoms with Gasteiger partial charge in [-0.25, -0.2) is 8.78 Å². The molecule has 0 saturated carbocycles. The van der Waals surface area contributed by atoms with E-state index >= 15 is 0 Å². The minimum Gasteiger partial charge on any atom is -0.384 e. The Morgan fingerprint density at radius 2 is 2.05 bits per heavy atom. The van der Waals surface area contributed by atoms with Crippen LogP contribution in [0.4, 0.5) is 8.78 Å². The summed E-state index contributed by atoms with van der Waals surface area (Å²) in [5, 5.41) is 16.4. The number of amides is 1. The fourth-order valence-electron chi connectivity index (χ4n) is 1.82. The number of hydrogen-bond donors (Lipinski definition) is 2. The number of rotatable bonds is 5. The number of aliphatic hydroxyl groups is 1. The number of hydrogen-bond acceptors (Lipinski definition) is 3. The van der Waals surface area contributed by atoms with Crippen LogP contribution in [-0.2, 0) is 10.4 Å². The first-order chi connectivity index (χ1) is 10.4. The van der Waals surface area contributed by atoms with Crippen molar-refractivity contribution in [2.45, 2.75) is 12.5 Å². The molecule has 0 saturated heterocycles. The maximum Gasteiger partial charge on any atom is 0.244 e. The van der Waals surface area contributed by atoms with Gasteiger partial charge in [0.1, 0.15) is 17.2 Å². The summed E-state index contributed by atoms with van der Waals surface area (Å²) in [6, 6.07) is 5.24. The van der Waals surface area contributed by atoms with Crippen molar-refractivity contribution in [3.05, 3.63) is 63.9 Å². The van der Waals surface area contributed by atoms with Gasteiger partial charge in [-0.2, -0.15) is 11.3 Å². The summed E-state index contributed by atoms with van der Waals surface area (Å²) in [4.78, 5) is 11.7. The van der Waals surface area contributed by atoms with E-state index in [0.29, 0.717) is 5.56 Å². The SMILES string of the molecule is C[C@@](O)(CNC(=O)/C=C\c1c(F)cccc1F)c1ccsc1. The van der Waals surface area contributed by atoms with Gasteiger partial charge in [0.15, 0.2) is 0 Å². The summed E-state index contributed by atoms with van der Waals surface area (Å²) in [5.74, 6) is -2.03. The molecule has 22 heavy (non-hydrogen) atoms. The summed E-state index contributed by atoms with van der Waals surface area (Å²) in [6.07, 6.45) is 2.10. The van der Waals surface area contributed by atoms with E-state index in [1.807, 2.05) is 5.38 Å². The normalized spacial score (nSPS) is 14.0. The van der Waals surface area contributed by atoms with Crippen molar-refractivity contribution in [3.8, 4) is 0 Å². The van der Waals surface area contributed by atoms with Gasteiger partial charge in [-0.1, -0.05) is 6.07 Å². The first-order valence-electron chi connectivity index (χ1n) is 6.55. The molecule has 0 fully saturated rings. The standard InChI is InChI=1S/C16H15F2NO2S/c1-16(21,11-7-8-22-9-11)10-19-15(20)6-5-12-13(17)3-2-4-14(12)18/h2-9,21H,10H2,1H3,(H,19,20)/b6-5-/t16-/m1/s1. The van der Waals surface area contributed by atoms with Crippen LogP contribution in [0.25, 0.3) is 6.08 Å². The second kappa shape index (κ2) is 6.81. The van der Waals surface area contributed by atoms with E-state index in [4.69, 9.17) is 0 Å². The highest BCUT2D eigenvalue weighted by Crippen LogP contribution is 2.22. The highest BCUT2D eigenvalue weighted by molar-refractivity contribution is 7.08. The van der Waals surface area contributed by atoms with Crippen LogP contribution in [-0.4, -0.2) is 17.6 Å². The molecular formula is C16H15F2NO2S. The largest absolute Gasteiger partial charge is 0.384 e. The van der Waals surface area contributed by atoms with E-state index in [-0.39, 0.29) is 12.1 Å². The second-order valence-corrected chi connectivity index (χ2v) is 5.75. The van der Waals surface area contributed by atoms with Gasteiger partial charge < -0.3 is 10.4 Å². The number of carbonyl (C=O) groups excluding carboxylic acids is 1. The molecule has 0 spiro atoms. The fourth-order valence-corrected chi connectivity index (χ4v) is 2.60. The predicted molar refractivity (Wildman–Crippen MR) is 82.3 cm³/mol. The van der Waals surface area contributed by atoms with E-state index in [9.17, 15) is 18.7 Å². The number of thiophene rings is 1. The van der Waals surface area contributed by atoms with Crippen LogP contribution >= 0.6 is 11.3 Å². The molecule has 0 radical (unpaired) electrons. The van der Waals surface area contributed by atoms with Crippen LogP contribution in [0.1, 0.15) is 18.1 Å². The van der Waals surface area contributed by atoms with Crippen molar-refractivity contribution >= 4 is 23.3 Å². The first kappa shape index (κ1) is 16.3. The summed E-state index contributed by atoms with van der Waals surface area (Å²) in [5.41, 5.74) is -0.781. The molecule has 0 aliphatic heterocycles. The van der Waals surface area contributed by atoms with Crippen LogP contribution in [0, 0.1) is 11.6 Å². The van der Waals surface area contributed by atoms with E-state index < -0.39 is 23.1 Å². The molecule has 3 nitrogen and oxygen atoms in total. The maximum absolute atomic E-state index is 13.4. The van der Waals surface area contributed by atoms with Crippen molar-refractivity contribution in [3.63, 3.8) is 0 Å². The Kier molecular flexibility index (Phi) is 5.05. The molecule has 1 aromatic heterocycles. The molecule has 1 heterocycles. The Morgan fingerprint density at radius 3 is 2.64 bits per heavy atom. The van der Waals surface area contributed by atoms with Crippen LogP contribution in [0.5, 0.6) is 0 Å². The molecule has 0 unspecified atom stereocenters. The maximum atomic E-state index is 13.4. The molecule has 2 rings (SSSR count). The summed E-state index contributed by atoms with van der Waals surface area (Å²) in [7, 11) is 0. The zero-order valence-electron chi connectivity index (χ0n) is 11.8. The highest BCUT2D eigenvalue weighted by atomic mass is 32.1. The van der Waals surface area contributed by atoms with Gasteiger partial charge in [0.25, 0.3) is 0 Å². The molecule has 0 aliphatic rings. The van der Waals surface area contributed by atoms with Gasteiger partial charge in [-0.3, -0.25) is 4.79 Å². The van der Waals surface area contributed by atoms with E-state index in [2.05, 4.69) is 5.32 Å². The highest BCUT2D eigenvalue weighted by Gasteiger charge is 2.23. The zero-order valence-corrected chi connectivity index (χ0v) is 12.7. The first-order valence-corrected chi connectivity index (χ1v) is 7.49. The third-order valence-corrected chi connectivity index (χ3v) is 3.83. The number of carbonyl (C=O) groups is 1. The van der Waals surface area contributed by atoms with Crippen molar-refractivity contribution in [1.82, 2.24) is 5.32 Å². The lowest BCUT2D eigenvalue weighted by Crippen LogP contribution is -2.37. The summed E-state index contributed by atoms with van der Waals surface area (Å²) < 4.78 is 26.8. The Bertz CT molecular complexity index is 661. The lowest BCUT2D eigenvalue weighted by molar-refractivity contribution is -0.117. The van der Waals surface area contributed by atoms with Gasteiger partial charge >= 0.3 is 0 Å². The average molecular weight is 323 g/mol. The van der Waals surface area contributed by atoms with E-state index in [1.165, 1.54) is 17.4 Å². The molecule has 116 valence electrons. The molecule has 1 atom stereocenters. The van der Waals surface area contributed by atoms with E-state index in [1.54, 1.807) is 18.4 Å². The summed E-state index contributed by atoms with van der Waals surface area (Å²) >= 11 is 1.44.